The third-order valence-corrected chi connectivity index (χ3v) is 2.46. The van der Waals surface area contributed by atoms with Crippen LogP contribution in [-0.2, 0) is 11.3 Å². The molecule has 1 aromatic rings. The lowest BCUT2D eigenvalue weighted by molar-refractivity contribution is -0.131. The Balaban J connectivity index is 2.83. The molecule has 0 amide bonds. The van der Waals surface area contributed by atoms with Crippen molar-refractivity contribution in [1.82, 2.24) is 4.90 Å². The Labute approximate surface area is 107 Å². The normalized spacial score (nSPS) is 11.3. The molecule has 0 unspecified atom stereocenters. The van der Waals surface area contributed by atoms with Gasteiger partial charge < -0.3 is 10.0 Å². The predicted octanol–water partition coefficient (Wildman–Crippen LogP) is 2.77. The molecule has 0 heterocycles. The zero-order valence-corrected chi connectivity index (χ0v) is 10.7. The summed E-state index contributed by atoms with van der Waals surface area (Å²) in [4.78, 5) is 12.5. The van der Waals surface area contributed by atoms with E-state index >= 15 is 0 Å². The highest BCUT2D eigenvalue weighted by molar-refractivity contribution is 5.85. The van der Waals surface area contributed by atoms with Crippen LogP contribution in [0.5, 0.6) is 0 Å². The van der Waals surface area contributed by atoms with E-state index in [2.05, 4.69) is 11.8 Å². The monoisotopic (exact) mass is 251 g/mol. The van der Waals surface area contributed by atoms with Crippen LogP contribution in [0.1, 0.15) is 24.5 Å². The molecule has 0 fully saturated rings. The predicted molar refractivity (Wildman–Crippen MR) is 69.7 cm³/mol. The fourth-order valence-corrected chi connectivity index (χ4v) is 1.80. The van der Waals surface area contributed by atoms with Crippen LogP contribution in [-0.4, -0.2) is 29.6 Å². The Kier molecular flexibility index (Phi) is 5.52. The zero-order valence-electron chi connectivity index (χ0n) is 10.7. The number of aliphatic carboxylic acids is 1. The maximum atomic E-state index is 13.4. The number of rotatable bonds is 6. The molecule has 98 valence electrons. The Morgan fingerprint density at radius 1 is 1.44 bits per heavy atom. The summed E-state index contributed by atoms with van der Waals surface area (Å²) < 4.78 is 13.4. The van der Waals surface area contributed by atoms with Gasteiger partial charge in [0, 0.05) is 12.6 Å². The molecule has 1 N–H and O–H groups in total. The highest BCUT2D eigenvalue weighted by Crippen LogP contribution is 2.12. The van der Waals surface area contributed by atoms with Gasteiger partial charge in [-0.05, 0) is 49.3 Å². The number of halogens is 1. The van der Waals surface area contributed by atoms with Crippen LogP contribution in [0.2, 0.25) is 0 Å². The lowest BCUT2D eigenvalue weighted by Gasteiger charge is -2.15. The van der Waals surface area contributed by atoms with Crippen molar-refractivity contribution in [3.05, 3.63) is 41.2 Å². The van der Waals surface area contributed by atoms with Crippen molar-refractivity contribution in [1.29, 1.82) is 0 Å². The molecule has 0 atom stereocenters. The van der Waals surface area contributed by atoms with Crippen LogP contribution in [0.3, 0.4) is 0 Å². The van der Waals surface area contributed by atoms with Gasteiger partial charge in [0.05, 0.1) is 0 Å². The highest BCUT2D eigenvalue weighted by Gasteiger charge is 2.03. The van der Waals surface area contributed by atoms with Crippen LogP contribution in [0.25, 0.3) is 6.08 Å². The lowest BCUT2D eigenvalue weighted by Crippen LogP contribution is -2.18. The Morgan fingerprint density at radius 2 is 2.17 bits per heavy atom. The van der Waals surface area contributed by atoms with Crippen LogP contribution in [0.15, 0.2) is 24.3 Å². The first-order valence-corrected chi connectivity index (χ1v) is 5.90. The summed E-state index contributed by atoms with van der Waals surface area (Å²) in [5, 5.41) is 8.54. The van der Waals surface area contributed by atoms with E-state index in [0.29, 0.717) is 12.1 Å². The third kappa shape index (κ3) is 5.10. The van der Waals surface area contributed by atoms with Gasteiger partial charge in [-0.2, -0.15) is 0 Å². The molecule has 18 heavy (non-hydrogen) atoms. The van der Waals surface area contributed by atoms with Crippen molar-refractivity contribution in [3.63, 3.8) is 0 Å². The first-order chi connectivity index (χ1) is 8.51. The Hall–Kier alpha value is -1.68. The summed E-state index contributed by atoms with van der Waals surface area (Å²) >= 11 is 0. The minimum absolute atomic E-state index is 0.345. The van der Waals surface area contributed by atoms with Crippen molar-refractivity contribution >= 4 is 12.0 Å². The first-order valence-electron chi connectivity index (χ1n) is 5.90. The fraction of sp³-hybridized carbons (Fsp3) is 0.357. The van der Waals surface area contributed by atoms with E-state index in [4.69, 9.17) is 5.11 Å². The number of nitrogens with zero attached hydrogens (tertiary/aromatic N) is 1. The largest absolute Gasteiger partial charge is 0.478 e. The van der Waals surface area contributed by atoms with Crippen molar-refractivity contribution in [2.45, 2.75) is 19.9 Å². The van der Waals surface area contributed by atoms with Gasteiger partial charge in [-0.25, -0.2) is 9.18 Å². The van der Waals surface area contributed by atoms with Crippen LogP contribution in [0.4, 0.5) is 4.39 Å². The maximum absolute atomic E-state index is 13.4. The van der Waals surface area contributed by atoms with Gasteiger partial charge in [0.1, 0.15) is 5.82 Å². The molecule has 0 spiro atoms. The molecule has 0 aliphatic heterocycles. The van der Waals surface area contributed by atoms with E-state index in [1.807, 2.05) is 7.05 Å². The number of hydrogen-bond acceptors (Lipinski definition) is 2. The van der Waals surface area contributed by atoms with E-state index < -0.39 is 5.97 Å². The van der Waals surface area contributed by atoms with E-state index in [0.717, 1.165) is 24.6 Å². The lowest BCUT2D eigenvalue weighted by atomic mass is 10.1. The number of benzene rings is 1. The number of carbonyl (C=O) groups is 1. The molecular weight excluding hydrogens is 233 g/mol. The van der Waals surface area contributed by atoms with Crippen molar-refractivity contribution in [2.75, 3.05) is 13.6 Å². The second-order valence-electron chi connectivity index (χ2n) is 4.30. The van der Waals surface area contributed by atoms with Crippen LogP contribution < -0.4 is 0 Å². The Morgan fingerprint density at radius 3 is 2.78 bits per heavy atom. The van der Waals surface area contributed by atoms with Gasteiger partial charge in [-0.15, -0.1) is 0 Å². The van der Waals surface area contributed by atoms with Crippen molar-refractivity contribution in [3.8, 4) is 0 Å². The van der Waals surface area contributed by atoms with E-state index in [9.17, 15) is 9.18 Å². The number of hydrogen-bond donors (Lipinski definition) is 1. The molecule has 0 saturated heterocycles. The molecule has 0 aliphatic rings. The maximum Gasteiger partial charge on any atom is 0.328 e. The first kappa shape index (κ1) is 14.4. The summed E-state index contributed by atoms with van der Waals surface area (Å²) in [6.07, 6.45) is 3.45. The second kappa shape index (κ2) is 6.91. The molecule has 1 aromatic carbocycles. The smallest absolute Gasteiger partial charge is 0.328 e. The quantitative estimate of drug-likeness (QED) is 0.790. The molecule has 0 aromatic heterocycles. The van der Waals surface area contributed by atoms with E-state index in [1.165, 1.54) is 18.2 Å². The number of carboxylic acids is 1. The number of carboxylic acid groups (broad SMARTS) is 1. The minimum atomic E-state index is -1.04. The van der Waals surface area contributed by atoms with Crippen LogP contribution in [0, 0.1) is 5.82 Å². The van der Waals surface area contributed by atoms with Gasteiger partial charge in [0.15, 0.2) is 0 Å². The average Bonchev–Trinajstić information content (AvgIpc) is 2.25. The third-order valence-electron chi connectivity index (χ3n) is 2.46. The summed E-state index contributed by atoms with van der Waals surface area (Å²) in [6.45, 7) is 3.68. The summed E-state index contributed by atoms with van der Waals surface area (Å²) in [7, 11) is 1.97. The van der Waals surface area contributed by atoms with E-state index in [-0.39, 0.29) is 5.82 Å². The molecular formula is C14H18FNO2. The Bertz CT molecular complexity index is 443. The SMILES string of the molecule is CCCN(C)Cc1cc(F)cc(C=CC(=O)O)c1. The summed E-state index contributed by atoms with van der Waals surface area (Å²) in [5.41, 5.74) is 1.41. The van der Waals surface area contributed by atoms with Gasteiger partial charge in [0.25, 0.3) is 0 Å². The molecule has 0 bridgehead atoms. The van der Waals surface area contributed by atoms with Gasteiger partial charge in [0.2, 0.25) is 0 Å². The zero-order chi connectivity index (χ0) is 13.5. The molecule has 4 heteroatoms. The highest BCUT2D eigenvalue weighted by atomic mass is 19.1. The fourth-order valence-electron chi connectivity index (χ4n) is 1.80. The van der Waals surface area contributed by atoms with Crippen molar-refractivity contribution < 1.29 is 14.3 Å². The summed E-state index contributed by atoms with van der Waals surface area (Å²) in [6, 6.07) is 4.60. The van der Waals surface area contributed by atoms with Gasteiger partial charge in [-0.3, -0.25) is 0 Å². The average molecular weight is 251 g/mol. The molecule has 3 nitrogen and oxygen atoms in total. The summed E-state index contributed by atoms with van der Waals surface area (Å²) in [5.74, 6) is -1.38. The van der Waals surface area contributed by atoms with Crippen LogP contribution >= 0.6 is 0 Å². The minimum Gasteiger partial charge on any atom is -0.478 e. The molecule has 1 rings (SSSR count). The molecule has 0 saturated carbocycles. The van der Waals surface area contributed by atoms with E-state index in [1.54, 1.807) is 6.07 Å². The van der Waals surface area contributed by atoms with Crippen molar-refractivity contribution in [2.24, 2.45) is 0 Å². The molecule has 0 radical (unpaired) electrons. The second-order valence-corrected chi connectivity index (χ2v) is 4.30. The van der Waals surface area contributed by atoms with Gasteiger partial charge in [-0.1, -0.05) is 13.0 Å². The topological polar surface area (TPSA) is 40.5 Å². The standard InChI is InChI=1S/C14H18FNO2/c1-3-6-16(2)10-12-7-11(4-5-14(17)18)8-13(15)9-12/h4-5,7-9H,3,6,10H2,1-2H3,(H,17,18). The van der Waals surface area contributed by atoms with Gasteiger partial charge >= 0.3 is 5.97 Å². The molecule has 0 aliphatic carbocycles.